The highest BCUT2D eigenvalue weighted by Crippen LogP contribution is 2.42. The van der Waals surface area contributed by atoms with Gasteiger partial charge < -0.3 is 19.4 Å². The fourth-order valence-electron chi connectivity index (χ4n) is 4.78. The lowest BCUT2D eigenvalue weighted by Crippen LogP contribution is -2.45. The summed E-state index contributed by atoms with van der Waals surface area (Å²) in [5.74, 6) is 1.18. The molecule has 2 aliphatic rings. The predicted molar refractivity (Wildman–Crippen MR) is 116 cm³/mol. The SMILES string of the molecule is Cn1c(=O)c2c(ncn2CC(=O)NC2(c3ccc4c(c3)OCCO4)CCCC2)n(C)c1=O. The molecule has 1 saturated carbocycles. The number of amides is 1. The number of hydrogen-bond acceptors (Lipinski definition) is 6. The van der Waals surface area contributed by atoms with Gasteiger partial charge in [0.25, 0.3) is 5.56 Å². The van der Waals surface area contributed by atoms with Crippen molar-refractivity contribution in [2.75, 3.05) is 13.2 Å². The molecule has 168 valence electrons. The summed E-state index contributed by atoms with van der Waals surface area (Å²) in [6.07, 6.45) is 5.08. The van der Waals surface area contributed by atoms with Gasteiger partial charge in [0, 0.05) is 14.1 Å². The van der Waals surface area contributed by atoms with E-state index < -0.39 is 16.8 Å². The van der Waals surface area contributed by atoms with E-state index in [4.69, 9.17) is 9.47 Å². The highest BCUT2D eigenvalue weighted by molar-refractivity contribution is 5.79. The largest absolute Gasteiger partial charge is 0.486 e. The Kier molecular flexibility index (Phi) is 4.79. The first-order valence-electron chi connectivity index (χ1n) is 10.7. The van der Waals surface area contributed by atoms with Crippen LogP contribution in [-0.4, -0.2) is 37.8 Å². The topological polar surface area (TPSA) is 109 Å². The monoisotopic (exact) mass is 439 g/mol. The van der Waals surface area contributed by atoms with Crippen molar-refractivity contribution < 1.29 is 14.3 Å². The van der Waals surface area contributed by atoms with E-state index >= 15 is 0 Å². The lowest BCUT2D eigenvalue weighted by Gasteiger charge is -2.32. The Bertz CT molecular complexity index is 1330. The molecule has 1 aromatic carbocycles. The van der Waals surface area contributed by atoms with Gasteiger partial charge in [-0.1, -0.05) is 18.9 Å². The van der Waals surface area contributed by atoms with Gasteiger partial charge in [0.05, 0.1) is 11.9 Å². The van der Waals surface area contributed by atoms with Crippen LogP contribution in [0.2, 0.25) is 0 Å². The number of carbonyl (C=O) groups is 1. The number of aromatic nitrogens is 4. The minimum absolute atomic E-state index is 0.0732. The zero-order chi connectivity index (χ0) is 22.5. The van der Waals surface area contributed by atoms with E-state index in [9.17, 15) is 14.4 Å². The number of fused-ring (bicyclic) bond motifs is 2. The van der Waals surface area contributed by atoms with E-state index in [1.54, 1.807) is 7.05 Å². The molecular formula is C22H25N5O5. The van der Waals surface area contributed by atoms with Crippen LogP contribution in [0.1, 0.15) is 31.2 Å². The Labute approximate surface area is 183 Å². The molecule has 3 aromatic rings. The third-order valence-electron chi connectivity index (χ3n) is 6.46. The number of hydrogen-bond donors (Lipinski definition) is 1. The number of nitrogens with zero attached hydrogens (tertiary/aromatic N) is 4. The molecule has 0 atom stereocenters. The van der Waals surface area contributed by atoms with Gasteiger partial charge in [-0.05, 0) is 30.5 Å². The van der Waals surface area contributed by atoms with Crippen molar-refractivity contribution in [1.29, 1.82) is 0 Å². The molecule has 10 nitrogen and oxygen atoms in total. The van der Waals surface area contributed by atoms with Crippen LogP contribution < -0.4 is 26.0 Å². The summed E-state index contributed by atoms with van der Waals surface area (Å²) in [5, 5.41) is 3.22. The molecule has 1 N–H and O–H groups in total. The van der Waals surface area contributed by atoms with Crippen molar-refractivity contribution in [3.8, 4) is 11.5 Å². The smallest absolute Gasteiger partial charge is 0.332 e. The summed E-state index contributed by atoms with van der Waals surface area (Å²) in [6, 6.07) is 5.83. The van der Waals surface area contributed by atoms with E-state index in [2.05, 4.69) is 10.3 Å². The summed E-state index contributed by atoms with van der Waals surface area (Å²) in [5.41, 5.74) is 0.0389. The summed E-state index contributed by atoms with van der Waals surface area (Å²) in [7, 11) is 2.97. The molecule has 0 radical (unpaired) electrons. The zero-order valence-corrected chi connectivity index (χ0v) is 18.1. The van der Waals surface area contributed by atoms with E-state index in [0.29, 0.717) is 24.7 Å². The van der Waals surface area contributed by atoms with Crippen molar-refractivity contribution in [1.82, 2.24) is 24.0 Å². The predicted octanol–water partition coefficient (Wildman–Crippen LogP) is 0.791. The van der Waals surface area contributed by atoms with E-state index in [1.807, 2.05) is 18.2 Å². The number of aryl methyl sites for hydroxylation is 1. The van der Waals surface area contributed by atoms with Gasteiger partial charge in [-0.15, -0.1) is 0 Å². The van der Waals surface area contributed by atoms with Crippen LogP contribution in [0.5, 0.6) is 11.5 Å². The Morgan fingerprint density at radius 2 is 1.81 bits per heavy atom. The summed E-state index contributed by atoms with van der Waals surface area (Å²) < 4.78 is 15.2. The molecule has 1 aliphatic carbocycles. The number of carbonyl (C=O) groups excluding carboxylic acids is 1. The van der Waals surface area contributed by atoms with Gasteiger partial charge in [-0.3, -0.25) is 18.7 Å². The Morgan fingerprint density at radius 3 is 2.56 bits per heavy atom. The molecule has 1 amide bonds. The highest BCUT2D eigenvalue weighted by atomic mass is 16.6. The van der Waals surface area contributed by atoms with Gasteiger partial charge in [-0.2, -0.15) is 0 Å². The standard InChI is InChI=1S/C22H25N5O5/c1-25-19-18(20(29)26(2)21(25)30)27(13-23-19)12-17(28)24-22(7-3-4-8-22)14-5-6-15-16(11-14)32-10-9-31-15/h5-6,11,13H,3-4,7-10,12H2,1-2H3,(H,24,28). The molecule has 10 heteroatoms. The molecule has 0 bridgehead atoms. The van der Waals surface area contributed by atoms with Crippen LogP contribution in [0.3, 0.4) is 0 Å². The van der Waals surface area contributed by atoms with Crippen LogP contribution in [0.4, 0.5) is 0 Å². The van der Waals surface area contributed by atoms with E-state index in [1.165, 1.54) is 22.5 Å². The number of benzene rings is 1. The van der Waals surface area contributed by atoms with Gasteiger partial charge in [0.15, 0.2) is 22.7 Å². The van der Waals surface area contributed by atoms with Crippen LogP contribution in [0, 0.1) is 0 Å². The van der Waals surface area contributed by atoms with E-state index in [-0.39, 0.29) is 23.6 Å². The fraction of sp³-hybridized carbons (Fsp3) is 0.455. The van der Waals surface area contributed by atoms with Crippen molar-refractivity contribution in [3.63, 3.8) is 0 Å². The minimum atomic E-state index is -0.499. The third kappa shape index (κ3) is 3.17. The summed E-state index contributed by atoms with van der Waals surface area (Å²) >= 11 is 0. The second-order valence-electron chi connectivity index (χ2n) is 8.45. The third-order valence-corrected chi connectivity index (χ3v) is 6.46. The molecule has 1 fully saturated rings. The quantitative estimate of drug-likeness (QED) is 0.644. The van der Waals surface area contributed by atoms with Gasteiger partial charge in [-0.25, -0.2) is 9.78 Å². The maximum absolute atomic E-state index is 13.1. The maximum Gasteiger partial charge on any atom is 0.332 e. The Hall–Kier alpha value is -3.56. The number of imidazole rings is 1. The van der Waals surface area contributed by atoms with Gasteiger partial charge >= 0.3 is 5.69 Å². The number of ether oxygens (including phenoxy) is 2. The second-order valence-corrected chi connectivity index (χ2v) is 8.45. The molecule has 32 heavy (non-hydrogen) atoms. The molecule has 3 heterocycles. The molecule has 0 saturated heterocycles. The fourth-order valence-corrected chi connectivity index (χ4v) is 4.78. The lowest BCUT2D eigenvalue weighted by molar-refractivity contribution is -0.123. The average Bonchev–Trinajstić information content (AvgIpc) is 3.44. The molecule has 5 rings (SSSR count). The molecule has 2 aromatic heterocycles. The average molecular weight is 439 g/mol. The minimum Gasteiger partial charge on any atom is -0.486 e. The van der Waals surface area contributed by atoms with Crippen LogP contribution in [0.25, 0.3) is 11.2 Å². The van der Waals surface area contributed by atoms with Crippen molar-refractivity contribution in [2.24, 2.45) is 14.1 Å². The van der Waals surface area contributed by atoms with Crippen molar-refractivity contribution >= 4 is 17.1 Å². The van der Waals surface area contributed by atoms with Gasteiger partial charge in [0.2, 0.25) is 5.91 Å². The maximum atomic E-state index is 13.1. The molecule has 0 spiro atoms. The first-order chi connectivity index (χ1) is 15.4. The second kappa shape index (κ2) is 7.54. The van der Waals surface area contributed by atoms with Crippen LogP contribution in [-0.2, 0) is 31.0 Å². The summed E-state index contributed by atoms with van der Waals surface area (Å²) in [6.45, 7) is 0.954. The highest BCUT2D eigenvalue weighted by Gasteiger charge is 2.38. The Balaban J connectivity index is 1.45. The molecule has 0 unspecified atom stereocenters. The van der Waals surface area contributed by atoms with Crippen LogP contribution >= 0.6 is 0 Å². The summed E-state index contributed by atoms with van der Waals surface area (Å²) in [4.78, 5) is 42.1. The normalized spacial score (nSPS) is 16.9. The van der Waals surface area contributed by atoms with Crippen LogP contribution in [0.15, 0.2) is 34.1 Å². The van der Waals surface area contributed by atoms with Crippen molar-refractivity contribution in [3.05, 3.63) is 50.9 Å². The molecular weight excluding hydrogens is 414 g/mol. The van der Waals surface area contributed by atoms with Gasteiger partial charge in [0.1, 0.15) is 19.8 Å². The lowest BCUT2D eigenvalue weighted by atomic mass is 9.87. The zero-order valence-electron chi connectivity index (χ0n) is 18.1. The Morgan fingerprint density at radius 1 is 1.09 bits per heavy atom. The number of rotatable bonds is 4. The number of nitrogens with one attached hydrogen (secondary N) is 1. The van der Waals surface area contributed by atoms with Crippen molar-refractivity contribution in [2.45, 2.75) is 37.8 Å². The first-order valence-corrected chi connectivity index (χ1v) is 10.7. The molecule has 1 aliphatic heterocycles. The first kappa shape index (κ1) is 20.3. The van der Waals surface area contributed by atoms with E-state index in [0.717, 1.165) is 35.8 Å².